The van der Waals surface area contributed by atoms with E-state index in [1.54, 1.807) is 17.9 Å². The Bertz CT molecular complexity index is 838. The molecule has 0 radical (unpaired) electrons. The van der Waals surface area contributed by atoms with Crippen LogP contribution in [0.5, 0.6) is 0 Å². The van der Waals surface area contributed by atoms with E-state index in [1.807, 2.05) is 11.9 Å². The van der Waals surface area contributed by atoms with E-state index in [-0.39, 0.29) is 17.6 Å². The molecule has 0 atom stereocenters. The first kappa shape index (κ1) is 19.3. The molecule has 0 unspecified atom stereocenters. The van der Waals surface area contributed by atoms with Crippen molar-refractivity contribution in [3.05, 3.63) is 16.7 Å². The van der Waals surface area contributed by atoms with Crippen molar-refractivity contribution in [2.45, 2.75) is 32.2 Å². The molecule has 2 aromatic heterocycles. The topological polar surface area (TPSA) is 102 Å². The average Bonchev–Trinajstić information content (AvgIpc) is 3.00. The fourth-order valence-corrected chi connectivity index (χ4v) is 3.62. The fourth-order valence-electron chi connectivity index (χ4n) is 3.62. The van der Waals surface area contributed by atoms with E-state index in [1.165, 1.54) is 7.11 Å². The molecular formula is C18H27N5O4. The van der Waals surface area contributed by atoms with E-state index >= 15 is 0 Å². The molecule has 0 aromatic carbocycles. The molecule has 3 rings (SSSR count). The summed E-state index contributed by atoms with van der Waals surface area (Å²) in [6.07, 6.45) is 5.03. The standard InChI is InChI=1S/C18H27N5O4/c1-22(8-9-26-2)17-19-10-14-15(21-17)23(18(25)20-14)11-12-4-6-13(7-5-12)16(24)27-3/h10,12-13H,4-9,11H2,1-3H3,(H,20,25)/t12-,13-. The molecule has 0 bridgehead atoms. The molecule has 1 aliphatic rings. The SMILES string of the molecule is COCCN(C)c1ncc2[nH]c(=O)n(C[C@H]3CC[C@H](C(=O)OC)CC3)c2n1. The monoisotopic (exact) mass is 377 g/mol. The lowest BCUT2D eigenvalue weighted by Gasteiger charge is -2.26. The lowest BCUT2D eigenvalue weighted by Crippen LogP contribution is -2.28. The van der Waals surface area contributed by atoms with Crippen LogP contribution in [0, 0.1) is 11.8 Å². The number of aromatic amines is 1. The number of ether oxygens (including phenoxy) is 2. The van der Waals surface area contributed by atoms with E-state index in [0.29, 0.717) is 42.7 Å². The van der Waals surface area contributed by atoms with Gasteiger partial charge < -0.3 is 19.4 Å². The van der Waals surface area contributed by atoms with Crippen LogP contribution in [0.4, 0.5) is 5.95 Å². The number of anilines is 1. The van der Waals surface area contributed by atoms with Gasteiger partial charge in [-0.1, -0.05) is 0 Å². The van der Waals surface area contributed by atoms with Gasteiger partial charge in [0.1, 0.15) is 5.52 Å². The van der Waals surface area contributed by atoms with Gasteiger partial charge in [0, 0.05) is 27.2 Å². The predicted molar refractivity (Wildman–Crippen MR) is 101 cm³/mol. The van der Waals surface area contributed by atoms with Gasteiger partial charge in [0.25, 0.3) is 0 Å². The van der Waals surface area contributed by atoms with E-state index in [2.05, 4.69) is 15.0 Å². The van der Waals surface area contributed by atoms with Gasteiger partial charge in [-0.2, -0.15) is 4.98 Å². The van der Waals surface area contributed by atoms with E-state index < -0.39 is 0 Å². The van der Waals surface area contributed by atoms with E-state index in [0.717, 1.165) is 25.7 Å². The number of carbonyl (C=O) groups is 1. The van der Waals surface area contributed by atoms with Crippen LogP contribution in [0.2, 0.25) is 0 Å². The highest BCUT2D eigenvalue weighted by Gasteiger charge is 2.27. The van der Waals surface area contributed by atoms with Gasteiger partial charge in [-0.25, -0.2) is 9.78 Å². The predicted octanol–water partition coefficient (Wildman–Crippen LogP) is 1.18. The van der Waals surface area contributed by atoms with Crippen molar-refractivity contribution in [2.24, 2.45) is 11.8 Å². The van der Waals surface area contributed by atoms with Crippen LogP contribution in [0.3, 0.4) is 0 Å². The molecule has 1 aliphatic carbocycles. The van der Waals surface area contributed by atoms with Crippen molar-refractivity contribution >= 4 is 23.1 Å². The highest BCUT2D eigenvalue weighted by molar-refractivity contribution is 5.72. The molecule has 1 saturated carbocycles. The number of nitrogens with zero attached hydrogens (tertiary/aromatic N) is 4. The number of hydrogen-bond donors (Lipinski definition) is 1. The molecule has 0 aliphatic heterocycles. The van der Waals surface area contributed by atoms with Gasteiger partial charge in [-0.05, 0) is 31.6 Å². The minimum atomic E-state index is -0.175. The molecule has 1 fully saturated rings. The summed E-state index contributed by atoms with van der Waals surface area (Å²) in [7, 11) is 4.97. The van der Waals surface area contributed by atoms with Crippen LogP contribution in [-0.2, 0) is 20.8 Å². The Morgan fingerprint density at radius 2 is 2.07 bits per heavy atom. The zero-order valence-corrected chi connectivity index (χ0v) is 16.1. The van der Waals surface area contributed by atoms with E-state index in [9.17, 15) is 9.59 Å². The first-order valence-electron chi connectivity index (χ1n) is 9.27. The maximum absolute atomic E-state index is 12.4. The van der Waals surface area contributed by atoms with Crippen LogP contribution in [0.1, 0.15) is 25.7 Å². The van der Waals surface area contributed by atoms with Crippen LogP contribution in [0.25, 0.3) is 11.2 Å². The second-order valence-electron chi connectivity index (χ2n) is 7.10. The van der Waals surface area contributed by atoms with Crippen molar-refractivity contribution in [2.75, 3.05) is 39.3 Å². The van der Waals surface area contributed by atoms with Crippen LogP contribution >= 0.6 is 0 Å². The second-order valence-corrected chi connectivity index (χ2v) is 7.10. The summed E-state index contributed by atoms with van der Waals surface area (Å²) in [4.78, 5) is 37.7. The summed E-state index contributed by atoms with van der Waals surface area (Å²) in [6.45, 7) is 1.82. The number of rotatable bonds is 7. The molecule has 0 spiro atoms. The van der Waals surface area contributed by atoms with Crippen molar-refractivity contribution in [1.82, 2.24) is 19.5 Å². The van der Waals surface area contributed by atoms with E-state index in [4.69, 9.17) is 9.47 Å². The Morgan fingerprint density at radius 3 is 2.74 bits per heavy atom. The number of esters is 1. The van der Waals surface area contributed by atoms with Crippen molar-refractivity contribution < 1.29 is 14.3 Å². The normalized spacial score (nSPS) is 20.0. The quantitative estimate of drug-likeness (QED) is 0.723. The van der Waals surface area contributed by atoms with Crippen LogP contribution in [0.15, 0.2) is 11.0 Å². The molecule has 148 valence electrons. The zero-order chi connectivity index (χ0) is 19.4. The highest BCUT2D eigenvalue weighted by atomic mass is 16.5. The maximum atomic E-state index is 12.4. The summed E-state index contributed by atoms with van der Waals surface area (Å²) in [5.41, 5.74) is 1.07. The number of fused-ring (bicyclic) bond motifs is 1. The van der Waals surface area contributed by atoms with Gasteiger partial charge >= 0.3 is 11.7 Å². The van der Waals surface area contributed by atoms with Crippen molar-refractivity contribution in [1.29, 1.82) is 0 Å². The van der Waals surface area contributed by atoms with Crippen LogP contribution < -0.4 is 10.6 Å². The number of H-pyrrole nitrogens is 1. The Kier molecular flexibility index (Phi) is 6.10. The summed E-state index contributed by atoms with van der Waals surface area (Å²) in [5.74, 6) is 0.748. The number of hydrogen-bond acceptors (Lipinski definition) is 7. The Hall–Kier alpha value is -2.42. The molecule has 9 heteroatoms. The number of methoxy groups -OCH3 is 2. The molecule has 0 amide bonds. The summed E-state index contributed by atoms with van der Waals surface area (Å²) < 4.78 is 11.6. The molecule has 1 N–H and O–H groups in total. The minimum Gasteiger partial charge on any atom is -0.469 e. The van der Waals surface area contributed by atoms with Crippen LogP contribution in [-0.4, -0.2) is 59.9 Å². The number of aromatic nitrogens is 4. The van der Waals surface area contributed by atoms with Crippen molar-refractivity contribution in [3.8, 4) is 0 Å². The third kappa shape index (κ3) is 4.29. The number of imidazole rings is 1. The molecule has 9 nitrogen and oxygen atoms in total. The first-order chi connectivity index (χ1) is 13.0. The number of nitrogens with one attached hydrogen (secondary N) is 1. The largest absolute Gasteiger partial charge is 0.469 e. The summed E-state index contributed by atoms with van der Waals surface area (Å²) in [6, 6.07) is 0. The summed E-state index contributed by atoms with van der Waals surface area (Å²) in [5, 5.41) is 0. The van der Waals surface area contributed by atoms with Gasteiger partial charge in [-0.3, -0.25) is 9.36 Å². The van der Waals surface area contributed by atoms with Crippen molar-refractivity contribution in [3.63, 3.8) is 0 Å². The molecule has 2 aromatic rings. The second kappa shape index (κ2) is 8.51. The van der Waals surface area contributed by atoms with Gasteiger partial charge in [0.2, 0.25) is 5.95 Å². The zero-order valence-electron chi connectivity index (χ0n) is 16.1. The Morgan fingerprint density at radius 1 is 1.33 bits per heavy atom. The third-order valence-electron chi connectivity index (χ3n) is 5.29. The lowest BCUT2D eigenvalue weighted by molar-refractivity contribution is -0.146. The van der Waals surface area contributed by atoms with Gasteiger partial charge in [0.15, 0.2) is 5.65 Å². The maximum Gasteiger partial charge on any atom is 0.327 e. The molecular weight excluding hydrogens is 350 g/mol. The first-order valence-corrected chi connectivity index (χ1v) is 9.27. The molecule has 0 saturated heterocycles. The Balaban J connectivity index is 1.75. The number of likely N-dealkylation sites (N-methyl/N-ethyl adjacent to an activating group) is 1. The van der Waals surface area contributed by atoms with Gasteiger partial charge in [0.05, 0.1) is 25.8 Å². The third-order valence-corrected chi connectivity index (χ3v) is 5.29. The lowest BCUT2D eigenvalue weighted by atomic mass is 9.82. The number of carbonyl (C=O) groups excluding carboxylic acids is 1. The smallest absolute Gasteiger partial charge is 0.327 e. The van der Waals surface area contributed by atoms with Gasteiger partial charge in [-0.15, -0.1) is 0 Å². The fraction of sp³-hybridized carbons (Fsp3) is 0.667. The minimum absolute atomic E-state index is 0.0192. The Labute approximate surface area is 157 Å². The highest BCUT2D eigenvalue weighted by Crippen LogP contribution is 2.30. The average molecular weight is 377 g/mol. The molecule has 2 heterocycles. The summed E-state index contributed by atoms with van der Waals surface area (Å²) >= 11 is 0. The molecule has 27 heavy (non-hydrogen) atoms.